The summed E-state index contributed by atoms with van der Waals surface area (Å²) in [5.41, 5.74) is 5.24. The molecule has 2 aromatic heterocycles. The molecular formula is C16H13F3N8O5S4. The Morgan fingerprint density at radius 1 is 1.39 bits per heavy atom. The number of anilines is 1. The van der Waals surface area contributed by atoms with E-state index in [1.807, 2.05) is 0 Å². The van der Waals surface area contributed by atoms with E-state index in [9.17, 15) is 32.7 Å². The minimum absolute atomic E-state index is 0.00742. The van der Waals surface area contributed by atoms with Crippen molar-refractivity contribution in [1.82, 2.24) is 29.8 Å². The Kier molecular flexibility index (Phi) is 7.38. The van der Waals surface area contributed by atoms with Gasteiger partial charge in [-0.1, -0.05) is 28.3 Å². The van der Waals surface area contributed by atoms with Crippen LogP contribution in [0.4, 0.5) is 18.3 Å². The third kappa shape index (κ3) is 5.11. The van der Waals surface area contributed by atoms with Crippen LogP contribution in [0.15, 0.2) is 20.8 Å². The number of hydrogen-bond donors (Lipinski definition) is 3. The Hall–Kier alpha value is -2.97. The van der Waals surface area contributed by atoms with Crippen molar-refractivity contribution in [3.63, 3.8) is 0 Å². The van der Waals surface area contributed by atoms with E-state index in [-0.39, 0.29) is 38.2 Å². The molecule has 1 saturated heterocycles. The van der Waals surface area contributed by atoms with Crippen molar-refractivity contribution >= 4 is 75.0 Å². The molecule has 0 bridgehead atoms. The second kappa shape index (κ2) is 10.2. The van der Waals surface area contributed by atoms with E-state index in [1.165, 1.54) is 18.9 Å². The standard InChI is InChI=1S/C16H13F3N8O5S4/c1-32-25-5(8-22-14(20)36-26-8)9(28)21-6-10(29)27-7(12(30)31)4(2-33-11(6)27)3-34-15-24-23-13(35-15)16(17,18)19/h6,11H,2-3H2,1H3,(H,21,28)(H,30,31)(H2,20,22,26)/t6?,11-/m0/s1. The number of oxime groups is 1. The minimum atomic E-state index is -4.63. The summed E-state index contributed by atoms with van der Waals surface area (Å²) < 4.78 is 42.1. The number of aromatic nitrogens is 4. The van der Waals surface area contributed by atoms with E-state index in [0.717, 1.165) is 28.2 Å². The first-order valence-corrected chi connectivity index (χ1v) is 13.1. The number of nitrogens with zero attached hydrogens (tertiary/aromatic N) is 6. The van der Waals surface area contributed by atoms with Gasteiger partial charge in [-0.2, -0.15) is 22.5 Å². The SMILES string of the molecule is CON=C(C(=O)NC1C(=O)N2C(C(=O)O)=C(CSc3nnc(C(F)(F)F)s3)CS[C@@H]12)c1nsc(N)n1. The summed E-state index contributed by atoms with van der Waals surface area (Å²) in [5, 5.41) is 20.6. The molecule has 1 fully saturated rings. The van der Waals surface area contributed by atoms with Crippen LogP contribution in [0.3, 0.4) is 0 Å². The second-order valence-corrected chi connectivity index (χ2v) is 10.9. The van der Waals surface area contributed by atoms with E-state index in [2.05, 4.69) is 34.9 Å². The molecule has 2 atom stereocenters. The molecule has 0 saturated carbocycles. The summed E-state index contributed by atoms with van der Waals surface area (Å²) in [6.07, 6.45) is -4.63. The number of nitrogen functional groups attached to an aromatic ring is 1. The first-order valence-electron chi connectivity index (χ1n) is 9.46. The van der Waals surface area contributed by atoms with Gasteiger partial charge in [-0.3, -0.25) is 14.5 Å². The fourth-order valence-electron chi connectivity index (χ4n) is 3.14. The van der Waals surface area contributed by atoms with E-state index >= 15 is 0 Å². The number of fused-ring (bicyclic) bond motifs is 1. The molecule has 4 rings (SSSR count). The van der Waals surface area contributed by atoms with Gasteiger partial charge in [-0.25, -0.2) is 4.79 Å². The van der Waals surface area contributed by atoms with Crippen LogP contribution in [0.1, 0.15) is 10.8 Å². The lowest BCUT2D eigenvalue weighted by Crippen LogP contribution is -2.71. The summed E-state index contributed by atoms with van der Waals surface area (Å²) in [7, 11) is 1.20. The normalized spacial score (nSPS) is 20.2. The summed E-state index contributed by atoms with van der Waals surface area (Å²) in [5.74, 6) is -2.86. The van der Waals surface area contributed by atoms with Gasteiger partial charge in [0.1, 0.15) is 24.2 Å². The smallest absolute Gasteiger partial charge is 0.445 e. The molecule has 20 heteroatoms. The first-order chi connectivity index (χ1) is 17.0. The van der Waals surface area contributed by atoms with Crippen molar-refractivity contribution in [2.24, 2.45) is 5.16 Å². The molecule has 0 aromatic carbocycles. The molecule has 4 heterocycles. The lowest BCUT2D eigenvalue weighted by atomic mass is 10.0. The third-order valence-electron chi connectivity index (χ3n) is 4.61. The van der Waals surface area contributed by atoms with E-state index in [0.29, 0.717) is 16.9 Å². The number of thioether (sulfide) groups is 2. The van der Waals surface area contributed by atoms with Crippen LogP contribution < -0.4 is 11.1 Å². The molecule has 0 aliphatic carbocycles. The highest BCUT2D eigenvalue weighted by atomic mass is 32.2. The Morgan fingerprint density at radius 3 is 2.72 bits per heavy atom. The van der Waals surface area contributed by atoms with Crippen LogP contribution in [0, 0.1) is 0 Å². The number of β-lactam (4-membered cyclic amide) rings is 1. The van der Waals surface area contributed by atoms with E-state index in [1.54, 1.807) is 0 Å². The predicted molar refractivity (Wildman–Crippen MR) is 123 cm³/mol. The number of hydrogen-bond acceptors (Lipinski definition) is 14. The molecule has 0 radical (unpaired) electrons. The van der Waals surface area contributed by atoms with Gasteiger partial charge in [0.15, 0.2) is 9.47 Å². The van der Waals surface area contributed by atoms with Crippen molar-refractivity contribution < 1.29 is 37.5 Å². The highest BCUT2D eigenvalue weighted by molar-refractivity contribution is 8.01. The van der Waals surface area contributed by atoms with Gasteiger partial charge in [0.05, 0.1) is 0 Å². The van der Waals surface area contributed by atoms with E-state index < -0.39 is 40.4 Å². The first kappa shape index (κ1) is 26.1. The largest absolute Gasteiger partial charge is 0.477 e. The number of nitrogens with two attached hydrogens (primary N) is 1. The molecule has 2 aromatic rings. The number of nitrogens with one attached hydrogen (secondary N) is 1. The van der Waals surface area contributed by atoms with Gasteiger partial charge in [0.25, 0.3) is 11.8 Å². The molecule has 13 nitrogen and oxygen atoms in total. The van der Waals surface area contributed by atoms with Gasteiger partial charge >= 0.3 is 12.1 Å². The van der Waals surface area contributed by atoms with Crippen LogP contribution in [-0.4, -0.2) is 83.1 Å². The maximum atomic E-state index is 12.8. The second-order valence-electron chi connectivity index (χ2n) is 6.86. The Morgan fingerprint density at radius 2 is 2.14 bits per heavy atom. The molecule has 4 N–H and O–H groups in total. The minimum Gasteiger partial charge on any atom is -0.477 e. The molecule has 192 valence electrons. The van der Waals surface area contributed by atoms with Crippen molar-refractivity contribution in [3.05, 3.63) is 22.1 Å². The maximum absolute atomic E-state index is 12.8. The maximum Gasteiger partial charge on any atom is 0.445 e. The number of halogens is 3. The van der Waals surface area contributed by atoms with Crippen LogP contribution in [0.25, 0.3) is 0 Å². The van der Waals surface area contributed by atoms with Gasteiger partial charge in [0, 0.05) is 23.0 Å². The molecular weight excluding hydrogens is 569 g/mol. The van der Waals surface area contributed by atoms with Gasteiger partial charge in [-0.15, -0.1) is 22.0 Å². The molecule has 1 unspecified atom stereocenters. The molecule has 2 aliphatic rings. The zero-order valence-electron chi connectivity index (χ0n) is 17.7. The van der Waals surface area contributed by atoms with Crippen LogP contribution in [0.5, 0.6) is 0 Å². The lowest BCUT2D eigenvalue weighted by molar-refractivity contribution is -0.150. The molecule has 2 aliphatic heterocycles. The summed E-state index contributed by atoms with van der Waals surface area (Å²) >= 11 is 3.24. The van der Waals surface area contributed by atoms with Crippen LogP contribution >= 0.6 is 46.4 Å². The average Bonchev–Trinajstić information content (AvgIpc) is 3.47. The number of rotatable bonds is 8. The number of carbonyl (C=O) groups is 3. The van der Waals surface area contributed by atoms with Gasteiger partial charge < -0.3 is 21.0 Å². The highest BCUT2D eigenvalue weighted by Crippen LogP contribution is 2.42. The Labute approximate surface area is 215 Å². The highest BCUT2D eigenvalue weighted by Gasteiger charge is 2.54. The number of carbonyl (C=O) groups excluding carboxylic acids is 2. The van der Waals surface area contributed by atoms with Crippen molar-refractivity contribution in [2.45, 2.75) is 21.9 Å². The number of carboxylic acids is 1. The topological polar surface area (TPSA) is 186 Å². The summed E-state index contributed by atoms with van der Waals surface area (Å²) in [6.45, 7) is 0. The number of alkyl halides is 3. The average molecular weight is 583 g/mol. The molecule has 0 spiro atoms. The predicted octanol–water partition coefficient (Wildman–Crippen LogP) is 0.872. The quantitative estimate of drug-likeness (QED) is 0.173. The van der Waals surface area contributed by atoms with Crippen molar-refractivity contribution in [1.29, 1.82) is 0 Å². The fraction of sp³-hybridized carbons (Fsp3) is 0.375. The number of amides is 2. The monoisotopic (exact) mass is 582 g/mol. The van der Waals surface area contributed by atoms with E-state index in [4.69, 9.17) is 5.73 Å². The van der Waals surface area contributed by atoms with Crippen molar-refractivity contribution in [3.8, 4) is 0 Å². The van der Waals surface area contributed by atoms with Gasteiger partial charge in [-0.05, 0) is 5.57 Å². The fourth-order valence-corrected chi connectivity index (χ4v) is 6.78. The summed E-state index contributed by atoms with van der Waals surface area (Å²) in [6, 6.07) is -1.07. The third-order valence-corrected chi connectivity index (χ3v) is 8.68. The summed E-state index contributed by atoms with van der Waals surface area (Å²) in [4.78, 5) is 47.1. The number of carboxylic acid groups (broad SMARTS) is 1. The number of aliphatic carboxylic acids is 1. The zero-order valence-corrected chi connectivity index (χ0v) is 20.9. The Bertz CT molecular complexity index is 1280. The molecule has 36 heavy (non-hydrogen) atoms. The Balaban J connectivity index is 1.47. The van der Waals surface area contributed by atoms with Gasteiger partial charge in [0.2, 0.25) is 16.5 Å². The van der Waals surface area contributed by atoms with Crippen LogP contribution in [-0.2, 0) is 25.4 Å². The zero-order chi connectivity index (χ0) is 26.2. The molecule has 2 amide bonds. The lowest BCUT2D eigenvalue weighted by Gasteiger charge is -2.49. The van der Waals surface area contributed by atoms with Crippen molar-refractivity contribution in [2.75, 3.05) is 24.3 Å². The van der Waals surface area contributed by atoms with Crippen LogP contribution in [0.2, 0.25) is 0 Å².